The molecule has 1 aromatic carbocycles. The second-order valence-electron chi connectivity index (χ2n) is 3.37. The normalized spacial score (nSPS) is 12.7. The molecule has 0 aliphatic carbocycles. The smallest absolute Gasteiger partial charge is 0.254 e. The van der Waals surface area contributed by atoms with Crippen LogP contribution >= 0.6 is 0 Å². The molecule has 0 bridgehead atoms. The Morgan fingerprint density at radius 3 is 3.13 bits per heavy atom. The van der Waals surface area contributed by atoms with Crippen LogP contribution in [0.5, 0.6) is 0 Å². The van der Waals surface area contributed by atoms with E-state index in [1.807, 2.05) is 6.07 Å². The van der Waals surface area contributed by atoms with Gasteiger partial charge in [-0.3, -0.25) is 4.79 Å². The van der Waals surface area contributed by atoms with E-state index in [0.717, 1.165) is 5.52 Å². The van der Waals surface area contributed by atoms with Gasteiger partial charge in [-0.2, -0.15) is 0 Å². The van der Waals surface area contributed by atoms with Crippen LogP contribution in [0.3, 0.4) is 0 Å². The van der Waals surface area contributed by atoms with Crippen molar-refractivity contribution in [2.24, 2.45) is 5.73 Å². The van der Waals surface area contributed by atoms with Gasteiger partial charge in [-0.1, -0.05) is 6.07 Å². The molecule has 1 aromatic heterocycles. The number of aromatic amines is 1. The zero-order valence-corrected chi connectivity index (χ0v) is 8.32. The molecule has 0 aliphatic rings. The summed E-state index contributed by atoms with van der Waals surface area (Å²) in [6.45, 7) is 1.71. The molecular formula is C10H12N4O. The van der Waals surface area contributed by atoms with Gasteiger partial charge in [0.25, 0.3) is 5.91 Å². The van der Waals surface area contributed by atoms with Crippen LogP contribution in [0.2, 0.25) is 0 Å². The maximum Gasteiger partial charge on any atom is 0.254 e. The number of benzene rings is 1. The number of rotatable bonds is 2. The highest BCUT2D eigenvalue weighted by molar-refractivity contribution is 6.04. The molecule has 0 fully saturated rings. The number of hydrogen-bond donors (Lipinski definition) is 3. The SMILES string of the molecule is CC(N)NC(=O)c1cccc2[nH]cnc12. The second kappa shape index (κ2) is 3.70. The van der Waals surface area contributed by atoms with Gasteiger partial charge < -0.3 is 16.0 Å². The predicted octanol–water partition coefficient (Wildman–Crippen LogP) is 0.597. The lowest BCUT2D eigenvalue weighted by Crippen LogP contribution is -2.38. The third kappa shape index (κ3) is 1.82. The highest BCUT2D eigenvalue weighted by Gasteiger charge is 2.11. The first-order valence-corrected chi connectivity index (χ1v) is 4.67. The molecule has 0 spiro atoms. The van der Waals surface area contributed by atoms with Crippen LogP contribution in [0.15, 0.2) is 24.5 Å². The topological polar surface area (TPSA) is 83.8 Å². The average molecular weight is 204 g/mol. The summed E-state index contributed by atoms with van der Waals surface area (Å²) < 4.78 is 0. The standard InChI is InChI=1S/C10H12N4O/c1-6(11)14-10(15)7-3-2-4-8-9(7)13-5-12-8/h2-6H,11H2,1H3,(H,12,13)(H,14,15). The minimum absolute atomic E-state index is 0.206. The molecule has 1 atom stereocenters. The third-order valence-corrected chi connectivity index (χ3v) is 2.05. The molecule has 0 radical (unpaired) electrons. The second-order valence-corrected chi connectivity index (χ2v) is 3.37. The van der Waals surface area contributed by atoms with Crippen molar-refractivity contribution in [3.8, 4) is 0 Å². The molecule has 5 nitrogen and oxygen atoms in total. The minimum Gasteiger partial charge on any atom is -0.345 e. The van der Waals surface area contributed by atoms with Gasteiger partial charge in [0.05, 0.1) is 23.6 Å². The summed E-state index contributed by atoms with van der Waals surface area (Å²) in [5.41, 5.74) is 7.53. The highest BCUT2D eigenvalue weighted by atomic mass is 16.1. The molecule has 1 unspecified atom stereocenters. The number of hydrogen-bond acceptors (Lipinski definition) is 3. The van der Waals surface area contributed by atoms with Crippen molar-refractivity contribution in [3.05, 3.63) is 30.1 Å². The van der Waals surface area contributed by atoms with Crippen molar-refractivity contribution >= 4 is 16.9 Å². The first kappa shape index (κ1) is 9.67. The Labute approximate surface area is 86.7 Å². The van der Waals surface area contributed by atoms with Crippen molar-refractivity contribution in [1.29, 1.82) is 0 Å². The number of nitrogens with one attached hydrogen (secondary N) is 2. The van der Waals surface area contributed by atoms with Gasteiger partial charge in [0.1, 0.15) is 5.52 Å². The molecule has 2 rings (SSSR count). The maximum absolute atomic E-state index is 11.7. The zero-order chi connectivity index (χ0) is 10.8. The molecule has 1 heterocycles. The summed E-state index contributed by atoms with van der Waals surface area (Å²) >= 11 is 0. The quantitative estimate of drug-likeness (QED) is 0.626. The van der Waals surface area contributed by atoms with Crippen molar-refractivity contribution in [1.82, 2.24) is 15.3 Å². The van der Waals surface area contributed by atoms with Gasteiger partial charge in [-0.15, -0.1) is 0 Å². The van der Waals surface area contributed by atoms with Crippen LogP contribution in [-0.2, 0) is 0 Å². The van der Waals surface area contributed by atoms with E-state index in [-0.39, 0.29) is 12.1 Å². The van der Waals surface area contributed by atoms with Gasteiger partial charge in [-0.05, 0) is 19.1 Å². The van der Waals surface area contributed by atoms with E-state index in [9.17, 15) is 4.79 Å². The fourth-order valence-electron chi connectivity index (χ4n) is 1.43. The Morgan fingerprint density at radius 1 is 1.60 bits per heavy atom. The number of amides is 1. The van der Waals surface area contributed by atoms with Crippen molar-refractivity contribution in [2.45, 2.75) is 13.1 Å². The summed E-state index contributed by atoms with van der Waals surface area (Å²) in [5, 5.41) is 2.63. The Kier molecular flexibility index (Phi) is 2.39. The van der Waals surface area contributed by atoms with Gasteiger partial charge in [0.2, 0.25) is 0 Å². The van der Waals surface area contributed by atoms with Gasteiger partial charge in [0, 0.05) is 0 Å². The van der Waals surface area contributed by atoms with Gasteiger partial charge in [0.15, 0.2) is 0 Å². The first-order valence-electron chi connectivity index (χ1n) is 4.67. The van der Waals surface area contributed by atoms with Crippen LogP contribution in [0.25, 0.3) is 11.0 Å². The molecular weight excluding hydrogens is 192 g/mol. The summed E-state index contributed by atoms with van der Waals surface area (Å²) in [5.74, 6) is -0.206. The fraction of sp³-hybridized carbons (Fsp3) is 0.200. The van der Waals surface area contributed by atoms with Crippen LogP contribution in [0, 0.1) is 0 Å². The zero-order valence-electron chi connectivity index (χ0n) is 8.32. The lowest BCUT2D eigenvalue weighted by Gasteiger charge is -2.08. The number of nitrogens with two attached hydrogens (primary N) is 1. The molecule has 15 heavy (non-hydrogen) atoms. The predicted molar refractivity (Wildman–Crippen MR) is 57.2 cm³/mol. The molecule has 2 aromatic rings. The molecule has 0 saturated carbocycles. The fourth-order valence-corrected chi connectivity index (χ4v) is 1.43. The Bertz CT molecular complexity index is 489. The van der Waals surface area contributed by atoms with Crippen LogP contribution in [-0.4, -0.2) is 22.0 Å². The van der Waals surface area contributed by atoms with Gasteiger partial charge in [-0.25, -0.2) is 4.98 Å². The number of fused-ring (bicyclic) bond motifs is 1. The van der Waals surface area contributed by atoms with Crippen molar-refractivity contribution in [3.63, 3.8) is 0 Å². The van der Waals surface area contributed by atoms with Gasteiger partial charge >= 0.3 is 0 Å². The van der Waals surface area contributed by atoms with Crippen LogP contribution in [0.4, 0.5) is 0 Å². The monoisotopic (exact) mass is 204 g/mol. The highest BCUT2D eigenvalue weighted by Crippen LogP contribution is 2.14. The number of nitrogens with zero attached hydrogens (tertiary/aromatic N) is 1. The third-order valence-electron chi connectivity index (χ3n) is 2.05. The molecule has 1 amide bonds. The van der Waals surface area contributed by atoms with E-state index < -0.39 is 0 Å². The van der Waals surface area contributed by atoms with E-state index >= 15 is 0 Å². The van der Waals surface area contributed by atoms with E-state index in [4.69, 9.17) is 5.73 Å². The maximum atomic E-state index is 11.7. The number of carbonyl (C=O) groups is 1. The van der Waals surface area contributed by atoms with Crippen molar-refractivity contribution < 1.29 is 4.79 Å². The Morgan fingerprint density at radius 2 is 2.40 bits per heavy atom. The summed E-state index contributed by atoms with van der Waals surface area (Å²) in [7, 11) is 0. The molecule has 0 saturated heterocycles. The average Bonchev–Trinajstić information content (AvgIpc) is 2.63. The molecule has 0 aliphatic heterocycles. The van der Waals surface area contributed by atoms with E-state index in [1.54, 1.807) is 25.4 Å². The molecule has 78 valence electrons. The Balaban J connectivity index is 2.42. The number of para-hydroxylation sites is 1. The lowest BCUT2D eigenvalue weighted by molar-refractivity contribution is 0.0943. The van der Waals surface area contributed by atoms with E-state index in [2.05, 4.69) is 15.3 Å². The van der Waals surface area contributed by atoms with Crippen molar-refractivity contribution in [2.75, 3.05) is 0 Å². The number of aromatic nitrogens is 2. The summed E-state index contributed by atoms with van der Waals surface area (Å²) in [4.78, 5) is 18.8. The van der Waals surface area contributed by atoms with E-state index in [1.165, 1.54) is 0 Å². The van der Waals surface area contributed by atoms with Crippen LogP contribution < -0.4 is 11.1 Å². The molecule has 4 N–H and O–H groups in total. The Hall–Kier alpha value is -1.88. The largest absolute Gasteiger partial charge is 0.345 e. The lowest BCUT2D eigenvalue weighted by atomic mass is 10.1. The summed E-state index contributed by atoms with van der Waals surface area (Å²) in [6, 6.07) is 5.39. The molecule has 5 heteroatoms. The van der Waals surface area contributed by atoms with E-state index in [0.29, 0.717) is 11.1 Å². The minimum atomic E-state index is -0.369. The number of carbonyl (C=O) groups excluding carboxylic acids is 1. The van der Waals surface area contributed by atoms with Crippen LogP contribution in [0.1, 0.15) is 17.3 Å². The number of H-pyrrole nitrogens is 1. The summed E-state index contributed by atoms with van der Waals surface area (Å²) in [6.07, 6.45) is 1.19. The number of imidazole rings is 1. The first-order chi connectivity index (χ1) is 7.18.